The Balaban J connectivity index is 1.59. The first-order valence-corrected chi connectivity index (χ1v) is 12.1. The average Bonchev–Trinajstić information content (AvgIpc) is 3.43. The van der Waals surface area contributed by atoms with Crippen LogP contribution in [-0.4, -0.2) is 40.8 Å². The molecule has 11 heteroatoms. The highest BCUT2D eigenvalue weighted by Gasteiger charge is 2.39. The third kappa shape index (κ3) is 4.11. The van der Waals surface area contributed by atoms with Crippen LogP contribution in [0.1, 0.15) is 17.4 Å². The average molecular weight is 468 g/mol. The van der Waals surface area contributed by atoms with Crippen LogP contribution in [0.25, 0.3) is 4.96 Å². The van der Waals surface area contributed by atoms with Gasteiger partial charge in [-0.3, -0.25) is 4.40 Å². The van der Waals surface area contributed by atoms with E-state index in [1.165, 1.54) is 35.2 Å². The lowest BCUT2D eigenvalue weighted by atomic mass is 9.90. The van der Waals surface area contributed by atoms with Gasteiger partial charge in [-0.25, -0.2) is 23.4 Å². The molecule has 0 spiro atoms. The van der Waals surface area contributed by atoms with Crippen molar-refractivity contribution in [3.05, 3.63) is 65.3 Å². The zero-order valence-corrected chi connectivity index (χ0v) is 18.6. The molecule has 3 heterocycles. The molecule has 0 aliphatic carbocycles. The monoisotopic (exact) mass is 467 g/mol. The van der Waals surface area contributed by atoms with Gasteiger partial charge in [0.15, 0.2) is 4.96 Å². The van der Waals surface area contributed by atoms with Gasteiger partial charge in [0.2, 0.25) is 0 Å². The van der Waals surface area contributed by atoms with Gasteiger partial charge < -0.3 is 5.11 Å². The van der Waals surface area contributed by atoms with Gasteiger partial charge >= 0.3 is 0 Å². The van der Waals surface area contributed by atoms with Crippen molar-refractivity contribution in [2.24, 2.45) is 0 Å². The Labute approximate surface area is 184 Å². The number of nitrogens with zero attached hydrogens (tertiary/aromatic N) is 5. The third-order valence-corrected chi connectivity index (χ3v) is 8.12. The van der Waals surface area contributed by atoms with Crippen LogP contribution < -0.4 is 0 Å². The maximum absolute atomic E-state index is 14.6. The molecule has 0 aliphatic rings. The van der Waals surface area contributed by atoms with Crippen LogP contribution in [0.3, 0.4) is 0 Å². The predicted molar refractivity (Wildman–Crippen MR) is 116 cm³/mol. The second-order valence-electron chi connectivity index (χ2n) is 6.75. The molecule has 4 aromatic rings. The fourth-order valence-corrected chi connectivity index (χ4v) is 5.91. The Bertz CT molecular complexity index is 1150. The fraction of sp³-hybridized carbons (Fsp3) is 0.316. The molecule has 1 aromatic carbocycles. The highest BCUT2D eigenvalue weighted by Crippen LogP contribution is 2.38. The van der Waals surface area contributed by atoms with Crippen molar-refractivity contribution in [2.75, 3.05) is 6.26 Å². The number of aromatic nitrogens is 5. The molecular formula is C19H19F2N5OS3. The largest absolute Gasteiger partial charge is 0.382 e. The normalized spacial score (nSPS) is 14.8. The summed E-state index contributed by atoms with van der Waals surface area (Å²) in [6.45, 7) is 1.82. The van der Waals surface area contributed by atoms with Gasteiger partial charge in [0.25, 0.3) is 0 Å². The Hall–Kier alpha value is -1.95. The van der Waals surface area contributed by atoms with Crippen LogP contribution >= 0.6 is 34.9 Å². The van der Waals surface area contributed by atoms with Crippen LogP contribution in [0.15, 0.2) is 48.3 Å². The molecule has 1 N–H and O–H groups in total. The lowest BCUT2D eigenvalue weighted by Crippen LogP contribution is -2.41. The molecule has 0 radical (unpaired) electrons. The van der Waals surface area contributed by atoms with Crippen LogP contribution in [0, 0.1) is 11.6 Å². The van der Waals surface area contributed by atoms with Crippen LogP contribution in [-0.2, 0) is 17.9 Å². The Morgan fingerprint density at radius 2 is 2.17 bits per heavy atom. The smallest absolute Gasteiger partial charge is 0.194 e. The van der Waals surface area contributed by atoms with Gasteiger partial charge in [-0.05, 0) is 12.3 Å². The van der Waals surface area contributed by atoms with E-state index < -0.39 is 22.5 Å². The van der Waals surface area contributed by atoms with E-state index in [0.717, 1.165) is 27.0 Å². The van der Waals surface area contributed by atoms with Gasteiger partial charge in [0, 0.05) is 33.7 Å². The first kappa shape index (κ1) is 21.3. The Kier molecular flexibility index (Phi) is 6.14. The molecular weight excluding hydrogens is 448 g/mol. The lowest BCUT2D eigenvalue weighted by molar-refractivity contribution is 0.0133. The molecule has 2 atom stereocenters. The maximum atomic E-state index is 14.6. The van der Waals surface area contributed by atoms with Crippen LogP contribution in [0.5, 0.6) is 0 Å². The number of thiazole rings is 1. The summed E-state index contributed by atoms with van der Waals surface area (Å²) >= 11 is 4.69. The first-order valence-electron chi connectivity index (χ1n) is 9.02. The molecule has 3 aromatic heterocycles. The standard InChI is InChI=1S/C19H19F2N5OS3/c1-12(29-8-14-7-26-17(28-2)6-23-18(26)30-14)19(27,9-25-11-22-10-24-25)15-4-3-13(20)5-16(15)21/h3-7,10-12,27H,8-9H2,1-2H3/t12-,19-/m1/s1. The van der Waals surface area contributed by atoms with E-state index in [-0.39, 0.29) is 12.1 Å². The summed E-state index contributed by atoms with van der Waals surface area (Å²) in [7, 11) is 0. The van der Waals surface area contributed by atoms with Crippen molar-refractivity contribution in [1.29, 1.82) is 0 Å². The minimum Gasteiger partial charge on any atom is -0.382 e. The molecule has 4 rings (SSSR count). The zero-order chi connectivity index (χ0) is 21.3. The molecule has 0 saturated heterocycles. The van der Waals surface area contributed by atoms with Crippen molar-refractivity contribution < 1.29 is 13.9 Å². The molecule has 6 nitrogen and oxygen atoms in total. The Morgan fingerprint density at radius 3 is 2.87 bits per heavy atom. The van der Waals surface area contributed by atoms with Crippen molar-refractivity contribution in [3.8, 4) is 0 Å². The third-order valence-electron chi connectivity index (χ3n) is 4.85. The summed E-state index contributed by atoms with van der Waals surface area (Å²) in [6.07, 6.45) is 8.68. The predicted octanol–water partition coefficient (Wildman–Crippen LogP) is 4.20. The van der Waals surface area contributed by atoms with Gasteiger partial charge in [-0.1, -0.05) is 13.0 Å². The van der Waals surface area contributed by atoms with E-state index in [2.05, 4.69) is 15.1 Å². The van der Waals surface area contributed by atoms with Gasteiger partial charge in [0.1, 0.15) is 29.9 Å². The first-order chi connectivity index (χ1) is 14.4. The number of hydrogen-bond donors (Lipinski definition) is 1. The van der Waals surface area contributed by atoms with E-state index in [0.29, 0.717) is 5.75 Å². The molecule has 0 unspecified atom stereocenters. The fourth-order valence-electron chi connectivity index (χ4n) is 3.21. The molecule has 0 bridgehead atoms. The SMILES string of the molecule is CSc1cnc2sc(CS[C@H](C)[C@](O)(Cn3cncn3)c3ccc(F)cc3F)cn12. The van der Waals surface area contributed by atoms with E-state index in [1.807, 2.05) is 30.0 Å². The highest BCUT2D eigenvalue weighted by molar-refractivity contribution is 7.99. The molecule has 0 aliphatic heterocycles. The van der Waals surface area contributed by atoms with E-state index in [9.17, 15) is 13.9 Å². The van der Waals surface area contributed by atoms with Gasteiger partial charge in [0.05, 0.1) is 17.8 Å². The summed E-state index contributed by atoms with van der Waals surface area (Å²) in [5, 5.41) is 16.2. The number of aliphatic hydroxyl groups is 1. The number of imidazole rings is 1. The zero-order valence-electron chi connectivity index (χ0n) is 16.2. The maximum Gasteiger partial charge on any atom is 0.194 e. The summed E-state index contributed by atoms with van der Waals surface area (Å²) in [4.78, 5) is 10.3. The number of benzene rings is 1. The number of rotatable bonds is 8. The lowest BCUT2D eigenvalue weighted by Gasteiger charge is -2.34. The van der Waals surface area contributed by atoms with E-state index >= 15 is 0 Å². The Morgan fingerprint density at radius 1 is 1.33 bits per heavy atom. The van der Waals surface area contributed by atoms with Crippen molar-refractivity contribution in [3.63, 3.8) is 0 Å². The van der Waals surface area contributed by atoms with E-state index in [4.69, 9.17) is 0 Å². The topological polar surface area (TPSA) is 68.2 Å². The molecule has 0 amide bonds. The number of hydrogen-bond acceptors (Lipinski definition) is 7. The second-order valence-corrected chi connectivity index (χ2v) is 9.99. The van der Waals surface area contributed by atoms with Crippen molar-refractivity contribution in [2.45, 2.75) is 35.1 Å². The number of halogens is 2. The van der Waals surface area contributed by atoms with Gasteiger partial charge in [-0.2, -0.15) is 5.10 Å². The van der Waals surface area contributed by atoms with Crippen molar-refractivity contribution in [1.82, 2.24) is 24.1 Å². The van der Waals surface area contributed by atoms with Crippen LogP contribution in [0.4, 0.5) is 8.78 Å². The summed E-state index contributed by atoms with van der Waals surface area (Å²) < 4.78 is 31.6. The summed E-state index contributed by atoms with van der Waals surface area (Å²) in [6, 6.07) is 3.24. The minimum absolute atomic E-state index is 0.00585. The van der Waals surface area contributed by atoms with Gasteiger partial charge in [-0.15, -0.1) is 34.9 Å². The molecule has 0 fully saturated rings. The quantitative estimate of drug-likeness (QED) is 0.392. The highest BCUT2D eigenvalue weighted by atomic mass is 32.2. The summed E-state index contributed by atoms with van der Waals surface area (Å²) in [5.41, 5.74) is -1.58. The second kappa shape index (κ2) is 8.66. The van der Waals surface area contributed by atoms with Crippen LogP contribution in [0.2, 0.25) is 0 Å². The molecule has 158 valence electrons. The van der Waals surface area contributed by atoms with Crippen molar-refractivity contribution >= 4 is 39.8 Å². The summed E-state index contributed by atoms with van der Waals surface area (Å²) in [5.74, 6) is -0.860. The number of thioether (sulfide) groups is 2. The minimum atomic E-state index is -1.61. The molecule has 0 saturated carbocycles. The number of fused-ring (bicyclic) bond motifs is 1. The molecule has 30 heavy (non-hydrogen) atoms. The van der Waals surface area contributed by atoms with E-state index in [1.54, 1.807) is 23.1 Å².